The zero-order valence-corrected chi connectivity index (χ0v) is 40.1. The highest BCUT2D eigenvalue weighted by Gasteiger charge is 2.50. The van der Waals surface area contributed by atoms with Gasteiger partial charge in [0.05, 0.1) is 41.2 Å². The van der Waals surface area contributed by atoms with Crippen molar-refractivity contribution in [3.8, 4) is 34.5 Å². The molecule has 17 heteroatoms. The van der Waals surface area contributed by atoms with E-state index in [1.807, 2.05) is 6.08 Å². The molecule has 0 radical (unpaired) electrons. The standard InChI is InChI=1S/C51H64N4O13/c1-11-12-17-54-18-20-55(21-19-54)32-23-33(57)39-35(24-32)67-48-40(52-39)36-37-44(60)30(7)47-38(36)49(62)51(9,68-47)65-22-16-34(64-10)27(4)46(66-31(8)56)29(6)43(59)28(5)42(58)25(2)14-13-15-26(3)50(63)53-41(48)45(37)61/h11,13-16,22-25,27-29,34,42-43,46,52,57-61H,1,12,17-21H2,2-10H3,(H,53,63)/b14-13+,22-16+,26-15-/t25-,27+,28+,29+,34-,42-,43+,46+,51-/m0/s1. The summed E-state index contributed by atoms with van der Waals surface area (Å²) in [5.41, 5.74) is 0.757. The molecule has 1 saturated heterocycles. The highest BCUT2D eigenvalue weighted by molar-refractivity contribution is 6.25. The molecule has 7 N–H and O–H groups in total. The van der Waals surface area contributed by atoms with E-state index in [0.29, 0.717) is 18.8 Å². The first-order chi connectivity index (χ1) is 32.2. The lowest BCUT2D eigenvalue weighted by Gasteiger charge is -2.38. The van der Waals surface area contributed by atoms with Gasteiger partial charge in [0.25, 0.3) is 11.7 Å². The molecule has 1 fully saturated rings. The average molecular weight is 941 g/mol. The van der Waals surface area contributed by atoms with Crippen molar-refractivity contribution in [1.29, 1.82) is 0 Å². The predicted molar refractivity (Wildman–Crippen MR) is 257 cm³/mol. The number of methoxy groups -OCH3 is 1. The third-order valence-electron chi connectivity index (χ3n) is 13.9. The molecule has 0 aliphatic carbocycles. The second kappa shape index (κ2) is 19.8. The van der Waals surface area contributed by atoms with E-state index in [2.05, 4.69) is 27.0 Å². The molecule has 4 bridgehead atoms. The van der Waals surface area contributed by atoms with E-state index >= 15 is 0 Å². The third kappa shape index (κ3) is 9.19. The number of carbonyl (C=O) groups is 3. The summed E-state index contributed by atoms with van der Waals surface area (Å²) in [4.78, 5) is 45.8. The number of nitrogens with one attached hydrogen (secondary N) is 2. The van der Waals surface area contributed by atoms with Gasteiger partial charge in [0, 0.05) is 112 Å². The quantitative estimate of drug-likeness (QED) is 0.0435. The van der Waals surface area contributed by atoms with Gasteiger partial charge < -0.3 is 64.8 Å². The number of aliphatic hydroxyl groups is 2. The Morgan fingerprint density at radius 1 is 0.912 bits per heavy atom. The number of phenols is 3. The van der Waals surface area contributed by atoms with Crippen molar-refractivity contribution in [2.75, 3.05) is 55.4 Å². The number of nitrogens with zero attached hydrogens (tertiary/aromatic N) is 2. The van der Waals surface area contributed by atoms with Gasteiger partial charge in [-0.3, -0.25) is 19.3 Å². The number of carbonyl (C=O) groups excluding carboxylic acids is 3. The fourth-order valence-electron chi connectivity index (χ4n) is 9.65. The fraction of sp³-hybridized carbons (Fsp3) is 0.471. The lowest BCUT2D eigenvalue weighted by atomic mass is 9.78. The highest BCUT2D eigenvalue weighted by Crippen LogP contribution is 2.61. The molecule has 0 saturated carbocycles. The largest absolute Gasteiger partial charge is 0.507 e. The second-order valence-electron chi connectivity index (χ2n) is 18.5. The van der Waals surface area contributed by atoms with E-state index in [1.54, 1.807) is 58.9 Å². The van der Waals surface area contributed by atoms with E-state index in [4.69, 9.17) is 23.7 Å². The van der Waals surface area contributed by atoms with Crippen LogP contribution in [0.1, 0.15) is 70.8 Å². The van der Waals surface area contributed by atoms with Crippen LogP contribution in [0.25, 0.3) is 10.8 Å². The Bertz CT molecular complexity index is 2580. The van der Waals surface area contributed by atoms with Crippen LogP contribution in [-0.2, 0) is 23.8 Å². The maximum atomic E-state index is 14.9. The van der Waals surface area contributed by atoms with Crippen molar-refractivity contribution in [1.82, 2.24) is 4.90 Å². The molecule has 3 aromatic carbocycles. The van der Waals surface area contributed by atoms with Crippen LogP contribution in [0.2, 0.25) is 0 Å². The minimum atomic E-state index is -2.05. The minimum Gasteiger partial charge on any atom is -0.507 e. The molecule has 0 spiro atoms. The number of rotatable bonds is 6. The van der Waals surface area contributed by atoms with Crippen molar-refractivity contribution < 1.29 is 63.6 Å². The van der Waals surface area contributed by atoms with Crippen LogP contribution in [-0.4, -0.2) is 118 Å². The Kier molecular flexibility index (Phi) is 14.4. The first-order valence-electron chi connectivity index (χ1n) is 23.0. The normalized spacial score (nSPS) is 29.6. The molecule has 4 aliphatic rings. The number of Topliss-reactive ketones (excluding diaryl/α,β-unsaturated/α-hetero) is 1. The van der Waals surface area contributed by atoms with Crippen molar-refractivity contribution in [3.05, 3.63) is 72.1 Å². The Balaban J connectivity index is 1.37. The number of fused-ring (bicyclic) bond motifs is 2. The highest BCUT2D eigenvalue weighted by atomic mass is 16.7. The minimum absolute atomic E-state index is 0.0248. The molecule has 3 aromatic rings. The topological polar surface area (TPSA) is 229 Å². The van der Waals surface area contributed by atoms with Crippen molar-refractivity contribution in [3.63, 3.8) is 0 Å². The first kappa shape index (κ1) is 49.6. The van der Waals surface area contributed by atoms with Crippen LogP contribution in [0.3, 0.4) is 0 Å². The van der Waals surface area contributed by atoms with Gasteiger partial charge in [0.15, 0.2) is 17.2 Å². The monoisotopic (exact) mass is 940 g/mol. The Labute approximate surface area is 396 Å². The summed E-state index contributed by atoms with van der Waals surface area (Å²) in [6.07, 6.45) is 6.37. The summed E-state index contributed by atoms with van der Waals surface area (Å²) in [6, 6.07) is 3.35. The summed E-state index contributed by atoms with van der Waals surface area (Å²) in [7, 11) is 1.45. The van der Waals surface area contributed by atoms with Crippen LogP contribution in [0.5, 0.6) is 34.5 Å². The lowest BCUT2D eigenvalue weighted by molar-refractivity contribution is -0.160. The summed E-state index contributed by atoms with van der Waals surface area (Å²) >= 11 is 0. The summed E-state index contributed by atoms with van der Waals surface area (Å²) < 4.78 is 30.6. The molecule has 4 heterocycles. The number of esters is 1. The van der Waals surface area contributed by atoms with Crippen LogP contribution in [0.15, 0.2) is 60.9 Å². The third-order valence-corrected chi connectivity index (χ3v) is 13.9. The number of benzene rings is 3. The maximum absolute atomic E-state index is 14.9. The molecular formula is C51H64N4O13. The maximum Gasteiger partial charge on any atom is 0.312 e. The number of amides is 1. The number of aliphatic hydroxyl groups excluding tert-OH is 2. The zero-order chi connectivity index (χ0) is 49.5. The van der Waals surface area contributed by atoms with Crippen LogP contribution in [0.4, 0.5) is 22.7 Å². The van der Waals surface area contributed by atoms with E-state index in [-0.39, 0.29) is 67.5 Å². The van der Waals surface area contributed by atoms with Gasteiger partial charge in [0.2, 0.25) is 0 Å². The molecular weight excluding hydrogens is 877 g/mol. The predicted octanol–water partition coefficient (Wildman–Crippen LogP) is 7.30. The van der Waals surface area contributed by atoms with Crippen molar-refractivity contribution >= 4 is 51.2 Å². The van der Waals surface area contributed by atoms with E-state index in [0.717, 1.165) is 26.1 Å². The van der Waals surface area contributed by atoms with Gasteiger partial charge in [-0.2, -0.15) is 0 Å². The number of ether oxygens (including phenoxy) is 5. The van der Waals surface area contributed by atoms with Gasteiger partial charge >= 0.3 is 11.8 Å². The number of allylic oxidation sites excluding steroid dienone is 2. The second-order valence-corrected chi connectivity index (χ2v) is 18.5. The van der Waals surface area contributed by atoms with Crippen LogP contribution < -0.4 is 25.0 Å². The molecule has 0 unspecified atom stereocenters. The van der Waals surface area contributed by atoms with Gasteiger partial charge in [-0.25, -0.2) is 0 Å². The van der Waals surface area contributed by atoms with E-state index in [1.165, 1.54) is 46.3 Å². The average Bonchev–Trinajstić information content (AvgIpc) is 3.58. The number of hydrogen-bond donors (Lipinski definition) is 7. The van der Waals surface area contributed by atoms with Gasteiger partial charge in [-0.15, -0.1) is 6.58 Å². The molecule has 17 nitrogen and oxygen atoms in total. The molecule has 4 aliphatic heterocycles. The van der Waals surface area contributed by atoms with E-state index < -0.39 is 83.0 Å². The number of aromatic hydroxyl groups is 3. The molecule has 366 valence electrons. The Morgan fingerprint density at radius 2 is 1.62 bits per heavy atom. The van der Waals surface area contributed by atoms with E-state index in [9.17, 15) is 39.9 Å². The molecule has 9 atom stereocenters. The van der Waals surface area contributed by atoms with Crippen molar-refractivity contribution in [2.24, 2.45) is 23.7 Å². The van der Waals surface area contributed by atoms with Crippen molar-refractivity contribution in [2.45, 2.75) is 92.0 Å². The van der Waals surface area contributed by atoms with Crippen LogP contribution >= 0.6 is 0 Å². The SMILES string of the molecule is C=CCCN1CCN(c2cc(O)c3c(c2)Oc2c4c(O)c5c(O)c(C)c6c(c5c2N3)C(=O)[C@@](C)(O/C=C/[C@H](OC)[C@@H](C)[C@@H](OC(C)=O)[C@H](C)[C@H](O)[C@H](C)[C@@H](O)[C@@H](C)/C=C/C=C(/C)C(=O)N4)O6)CC1. The molecule has 0 aromatic heterocycles. The number of hydrogen-bond acceptors (Lipinski definition) is 16. The van der Waals surface area contributed by atoms with Gasteiger partial charge in [-0.05, 0) is 26.3 Å². The number of anilines is 4. The number of piperazine rings is 1. The lowest BCUT2D eigenvalue weighted by Crippen LogP contribution is -2.46. The van der Waals surface area contributed by atoms with Crippen LogP contribution in [0, 0.1) is 30.6 Å². The molecule has 68 heavy (non-hydrogen) atoms. The number of phenolic OH excluding ortho intramolecular Hbond substituents is 3. The van der Waals surface area contributed by atoms with Gasteiger partial charge in [0.1, 0.15) is 34.7 Å². The Morgan fingerprint density at radius 3 is 2.28 bits per heavy atom. The fourth-order valence-corrected chi connectivity index (χ4v) is 9.65. The molecule has 1 amide bonds. The summed E-state index contributed by atoms with van der Waals surface area (Å²) in [5.74, 6) is -7.82. The summed E-state index contributed by atoms with van der Waals surface area (Å²) in [6.45, 7) is 20.3. The summed E-state index contributed by atoms with van der Waals surface area (Å²) in [5, 5.41) is 64.6. The number of ketones is 1. The smallest absolute Gasteiger partial charge is 0.312 e. The molecule has 7 rings (SSSR count). The zero-order valence-electron chi connectivity index (χ0n) is 40.1. The Hall–Kier alpha value is -6.27. The van der Waals surface area contributed by atoms with Gasteiger partial charge in [-0.1, -0.05) is 52.0 Å². The first-order valence-corrected chi connectivity index (χ1v) is 23.0.